The first kappa shape index (κ1) is 17.5. The van der Waals surface area contributed by atoms with Crippen molar-refractivity contribution in [1.82, 2.24) is 9.55 Å². The van der Waals surface area contributed by atoms with Crippen LogP contribution in [0.2, 0.25) is 0 Å². The van der Waals surface area contributed by atoms with E-state index in [0.29, 0.717) is 12.3 Å². The third-order valence-corrected chi connectivity index (χ3v) is 6.58. The average molecular weight is 387 g/mol. The predicted octanol–water partition coefficient (Wildman–Crippen LogP) is 4.66. The van der Waals surface area contributed by atoms with E-state index < -0.39 is 0 Å². The minimum Gasteiger partial charge on any atom is -0.291 e. The minimum atomic E-state index is -0.231. The lowest BCUT2D eigenvalue weighted by Crippen LogP contribution is -2.30. The summed E-state index contributed by atoms with van der Waals surface area (Å²) in [7, 11) is 0. The van der Waals surface area contributed by atoms with Gasteiger partial charge in [-0.05, 0) is 54.8 Å². The monoisotopic (exact) mass is 386 g/mol. The number of fused-ring (bicyclic) bond motifs is 1. The Morgan fingerprint density at radius 2 is 1.96 bits per heavy atom. The Morgan fingerprint density at radius 3 is 2.73 bits per heavy atom. The number of hydrogen-bond acceptors (Lipinski definition) is 4. The summed E-state index contributed by atoms with van der Waals surface area (Å²) in [6.45, 7) is 0.606. The van der Waals surface area contributed by atoms with Gasteiger partial charge in [-0.15, -0.1) is 23.1 Å². The summed E-state index contributed by atoms with van der Waals surface area (Å²) >= 11 is 3.25. The van der Waals surface area contributed by atoms with Gasteiger partial charge in [0.2, 0.25) is 0 Å². The third kappa shape index (κ3) is 3.76. The molecule has 2 heterocycles. The molecule has 0 radical (unpaired) electrons. The van der Waals surface area contributed by atoms with E-state index in [2.05, 4.69) is 11.1 Å². The molecule has 0 amide bonds. The molecule has 0 bridgehead atoms. The molecular weight excluding hydrogens is 367 g/mol. The van der Waals surface area contributed by atoms with Crippen LogP contribution < -0.4 is 5.69 Å². The molecule has 2 aromatic heterocycles. The van der Waals surface area contributed by atoms with Crippen molar-refractivity contribution in [2.24, 2.45) is 0 Å². The van der Waals surface area contributed by atoms with E-state index in [1.165, 1.54) is 22.6 Å². The van der Waals surface area contributed by atoms with E-state index in [4.69, 9.17) is 0 Å². The molecule has 0 unspecified atom stereocenters. The van der Waals surface area contributed by atoms with Crippen LogP contribution in [-0.2, 0) is 25.1 Å². The van der Waals surface area contributed by atoms with Crippen LogP contribution in [0.15, 0.2) is 51.6 Å². The maximum Gasteiger partial charge on any atom is 0.349 e. The Morgan fingerprint density at radius 1 is 1.15 bits per heavy atom. The fourth-order valence-electron chi connectivity index (χ4n) is 3.32. The molecule has 26 heavy (non-hydrogen) atoms. The van der Waals surface area contributed by atoms with Crippen LogP contribution in [0.3, 0.4) is 0 Å². The van der Waals surface area contributed by atoms with Crippen LogP contribution in [0.1, 0.15) is 34.5 Å². The topological polar surface area (TPSA) is 34.9 Å². The zero-order valence-electron chi connectivity index (χ0n) is 14.3. The van der Waals surface area contributed by atoms with E-state index in [9.17, 15) is 9.18 Å². The summed E-state index contributed by atoms with van der Waals surface area (Å²) in [5.74, 6) is 0.458. The lowest BCUT2D eigenvalue weighted by molar-refractivity contribution is 0.571. The summed E-state index contributed by atoms with van der Waals surface area (Å²) in [6, 6.07) is 10.6. The molecule has 1 aromatic carbocycles. The summed E-state index contributed by atoms with van der Waals surface area (Å²) < 4.78 is 14.9. The van der Waals surface area contributed by atoms with Gasteiger partial charge in [-0.2, -0.15) is 4.98 Å². The molecule has 3 nitrogen and oxygen atoms in total. The van der Waals surface area contributed by atoms with Crippen LogP contribution in [-0.4, -0.2) is 9.55 Å². The number of thioether (sulfide) groups is 1. The van der Waals surface area contributed by atoms with Crippen molar-refractivity contribution in [3.63, 3.8) is 0 Å². The summed E-state index contributed by atoms with van der Waals surface area (Å²) in [5, 5.41) is 2.88. The maximum atomic E-state index is 13.1. The van der Waals surface area contributed by atoms with Crippen molar-refractivity contribution in [1.29, 1.82) is 0 Å². The standard InChI is InChI=1S/C20H19FN2OS2/c21-15-9-7-14(8-10-15)13-26-19-17-5-1-2-6-18(17)23(20(24)22-19)12-16-4-3-11-25-16/h3-4,7-11H,1-2,5-6,12-13H2. The molecule has 0 aliphatic heterocycles. The summed E-state index contributed by atoms with van der Waals surface area (Å²) in [6.07, 6.45) is 4.15. The normalized spacial score (nSPS) is 13.6. The van der Waals surface area contributed by atoms with Crippen LogP contribution in [0.5, 0.6) is 0 Å². The number of rotatable bonds is 5. The van der Waals surface area contributed by atoms with Gasteiger partial charge in [-0.25, -0.2) is 9.18 Å². The van der Waals surface area contributed by atoms with Crippen LogP contribution >= 0.6 is 23.1 Å². The molecular formula is C20H19FN2OS2. The predicted molar refractivity (Wildman–Crippen MR) is 105 cm³/mol. The highest BCUT2D eigenvalue weighted by molar-refractivity contribution is 7.98. The maximum absolute atomic E-state index is 13.1. The van der Waals surface area contributed by atoms with Gasteiger partial charge in [-0.3, -0.25) is 4.57 Å². The fourth-order valence-corrected chi connectivity index (χ4v) is 5.05. The number of benzene rings is 1. The number of nitrogens with zero attached hydrogens (tertiary/aromatic N) is 2. The molecule has 1 aliphatic carbocycles. The Labute approximate surface area is 159 Å². The van der Waals surface area contributed by atoms with Gasteiger partial charge in [0.05, 0.1) is 6.54 Å². The van der Waals surface area contributed by atoms with Gasteiger partial charge >= 0.3 is 5.69 Å². The first-order valence-corrected chi connectivity index (χ1v) is 10.6. The summed E-state index contributed by atoms with van der Waals surface area (Å²) in [5.41, 5.74) is 3.23. The third-order valence-electron chi connectivity index (χ3n) is 4.63. The van der Waals surface area contributed by atoms with Crippen molar-refractivity contribution in [2.75, 3.05) is 0 Å². The highest BCUT2D eigenvalue weighted by atomic mass is 32.2. The molecule has 0 N–H and O–H groups in total. The van der Waals surface area contributed by atoms with Crippen LogP contribution in [0, 0.1) is 5.82 Å². The van der Waals surface area contributed by atoms with E-state index in [1.54, 1.807) is 35.2 Å². The van der Waals surface area contributed by atoms with Crippen molar-refractivity contribution < 1.29 is 4.39 Å². The van der Waals surface area contributed by atoms with Crippen molar-refractivity contribution in [3.8, 4) is 0 Å². The second-order valence-corrected chi connectivity index (χ2v) is 8.41. The van der Waals surface area contributed by atoms with Gasteiger partial charge in [-0.1, -0.05) is 18.2 Å². The highest BCUT2D eigenvalue weighted by Gasteiger charge is 2.20. The number of aromatic nitrogens is 2. The first-order chi connectivity index (χ1) is 12.7. The Bertz CT molecular complexity index is 949. The number of halogens is 1. The molecule has 1 aliphatic rings. The highest BCUT2D eigenvalue weighted by Crippen LogP contribution is 2.30. The van der Waals surface area contributed by atoms with E-state index in [1.807, 2.05) is 16.0 Å². The smallest absolute Gasteiger partial charge is 0.291 e. The van der Waals surface area contributed by atoms with Gasteiger partial charge in [0.15, 0.2) is 0 Å². The second-order valence-electron chi connectivity index (χ2n) is 6.41. The zero-order chi connectivity index (χ0) is 17.9. The van der Waals surface area contributed by atoms with Gasteiger partial charge in [0.25, 0.3) is 0 Å². The van der Waals surface area contributed by atoms with Crippen molar-refractivity contribution in [3.05, 3.63) is 79.8 Å². The molecule has 0 atom stereocenters. The molecule has 6 heteroatoms. The van der Waals surface area contributed by atoms with E-state index in [0.717, 1.165) is 42.0 Å². The Kier molecular flexibility index (Phi) is 5.22. The van der Waals surface area contributed by atoms with Gasteiger partial charge in [0.1, 0.15) is 10.8 Å². The largest absolute Gasteiger partial charge is 0.349 e. The summed E-state index contributed by atoms with van der Waals surface area (Å²) in [4.78, 5) is 18.3. The number of thiophene rings is 1. The average Bonchev–Trinajstić information content (AvgIpc) is 3.17. The van der Waals surface area contributed by atoms with Gasteiger partial charge in [0, 0.05) is 21.9 Å². The molecule has 0 fully saturated rings. The Balaban J connectivity index is 1.64. The first-order valence-electron chi connectivity index (χ1n) is 8.73. The van der Waals surface area contributed by atoms with Crippen LogP contribution in [0.4, 0.5) is 4.39 Å². The van der Waals surface area contributed by atoms with E-state index >= 15 is 0 Å². The quantitative estimate of drug-likeness (QED) is 0.472. The minimum absolute atomic E-state index is 0.166. The second kappa shape index (κ2) is 7.76. The lowest BCUT2D eigenvalue weighted by atomic mass is 9.97. The molecule has 0 saturated heterocycles. The molecule has 4 rings (SSSR count). The van der Waals surface area contributed by atoms with Gasteiger partial charge < -0.3 is 0 Å². The zero-order valence-corrected chi connectivity index (χ0v) is 15.9. The Hall–Kier alpha value is -1.92. The van der Waals surface area contributed by atoms with Crippen molar-refractivity contribution >= 4 is 23.1 Å². The lowest BCUT2D eigenvalue weighted by Gasteiger charge is -2.22. The molecule has 3 aromatic rings. The molecule has 0 saturated carbocycles. The van der Waals surface area contributed by atoms with Crippen molar-refractivity contribution in [2.45, 2.75) is 43.0 Å². The number of hydrogen-bond donors (Lipinski definition) is 0. The van der Waals surface area contributed by atoms with E-state index in [-0.39, 0.29) is 11.5 Å². The fraction of sp³-hybridized carbons (Fsp3) is 0.300. The SMILES string of the molecule is O=c1nc(SCc2ccc(F)cc2)c2c(n1Cc1cccs1)CCCC2. The van der Waals surface area contributed by atoms with Crippen LogP contribution in [0.25, 0.3) is 0 Å². The molecule has 134 valence electrons. The molecule has 0 spiro atoms.